The lowest BCUT2D eigenvalue weighted by Crippen LogP contribution is -2.49. The quantitative estimate of drug-likeness (QED) is 0.670. The Hall–Kier alpha value is -2.97. The second kappa shape index (κ2) is 7.73. The number of carbonyl (C=O) groups is 4. The van der Waals surface area contributed by atoms with Crippen LogP contribution < -0.4 is 16.0 Å². The van der Waals surface area contributed by atoms with E-state index in [1.54, 1.807) is 0 Å². The molecule has 5 amide bonds. The molecule has 27 heavy (non-hydrogen) atoms. The molecule has 1 heterocycles. The van der Waals surface area contributed by atoms with E-state index in [4.69, 9.17) is 0 Å². The first-order chi connectivity index (χ1) is 12.9. The maximum Gasteiger partial charge on any atom is 0.325 e. The van der Waals surface area contributed by atoms with Crippen molar-refractivity contribution in [1.29, 1.82) is 0 Å². The Morgan fingerprint density at radius 3 is 2.41 bits per heavy atom. The third-order valence-electron chi connectivity index (χ3n) is 4.83. The van der Waals surface area contributed by atoms with Crippen LogP contribution in [0.3, 0.4) is 0 Å². The molecule has 3 rings (SSSR count). The van der Waals surface area contributed by atoms with Gasteiger partial charge in [-0.05, 0) is 37.1 Å². The Bertz CT molecular complexity index is 759. The minimum Gasteiger partial charge on any atom is -0.345 e. The lowest BCUT2D eigenvalue weighted by molar-refractivity contribution is -0.136. The van der Waals surface area contributed by atoms with Crippen molar-refractivity contribution < 1.29 is 23.6 Å². The minimum atomic E-state index is -0.879. The molecule has 0 bridgehead atoms. The highest BCUT2D eigenvalue weighted by atomic mass is 19.1. The number of benzene rings is 1. The molecule has 1 aliphatic heterocycles. The number of anilines is 1. The van der Waals surface area contributed by atoms with E-state index in [-0.39, 0.29) is 12.5 Å². The highest BCUT2D eigenvalue weighted by Crippen LogP contribution is 2.33. The zero-order chi connectivity index (χ0) is 19.4. The Morgan fingerprint density at radius 1 is 1.07 bits per heavy atom. The molecule has 0 radical (unpaired) electrons. The predicted molar refractivity (Wildman–Crippen MR) is 94.1 cm³/mol. The molecular formula is C18H21FN4O4. The van der Waals surface area contributed by atoms with E-state index in [1.807, 2.05) is 0 Å². The van der Waals surface area contributed by atoms with E-state index in [1.165, 1.54) is 24.3 Å². The van der Waals surface area contributed by atoms with Gasteiger partial charge in [-0.3, -0.25) is 19.3 Å². The van der Waals surface area contributed by atoms with Crippen LogP contribution in [0.1, 0.15) is 32.1 Å². The molecule has 3 N–H and O–H groups in total. The van der Waals surface area contributed by atoms with Crippen LogP contribution >= 0.6 is 0 Å². The predicted octanol–water partition coefficient (Wildman–Crippen LogP) is 1.14. The zero-order valence-electron chi connectivity index (χ0n) is 14.7. The van der Waals surface area contributed by atoms with E-state index < -0.39 is 35.7 Å². The Labute approximate surface area is 155 Å². The van der Waals surface area contributed by atoms with Gasteiger partial charge in [0, 0.05) is 5.69 Å². The van der Waals surface area contributed by atoms with Gasteiger partial charge in [0.25, 0.3) is 5.91 Å². The van der Waals surface area contributed by atoms with Gasteiger partial charge in [0.2, 0.25) is 11.8 Å². The van der Waals surface area contributed by atoms with Crippen molar-refractivity contribution in [3.63, 3.8) is 0 Å². The van der Waals surface area contributed by atoms with Crippen molar-refractivity contribution in [2.45, 2.75) is 37.6 Å². The molecule has 144 valence electrons. The highest BCUT2D eigenvalue weighted by molar-refractivity contribution is 6.09. The van der Waals surface area contributed by atoms with Gasteiger partial charge in [0.15, 0.2) is 0 Å². The minimum absolute atomic E-state index is 0.328. The van der Waals surface area contributed by atoms with Crippen LogP contribution in [0, 0.1) is 5.82 Å². The fourth-order valence-electron chi connectivity index (χ4n) is 3.43. The van der Waals surface area contributed by atoms with Crippen molar-refractivity contribution in [3.8, 4) is 0 Å². The molecule has 1 saturated carbocycles. The van der Waals surface area contributed by atoms with E-state index in [0.29, 0.717) is 18.5 Å². The van der Waals surface area contributed by atoms with Crippen molar-refractivity contribution >= 4 is 29.4 Å². The first kappa shape index (κ1) is 18.8. The van der Waals surface area contributed by atoms with Gasteiger partial charge in [-0.1, -0.05) is 19.3 Å². The molecule has 9 heteroatoms. The highest BCUT2D eigenvalue weighted by Gasteiger charge is 2.51. The number of hydrogen-bond donors (Lipinski definition) is 3. The fraction of sp³-hybridized carbons (Fsp3) is 0.444. The molecule has 2 aliphatic rings. The zero-order valence-corrected chi connectivity index (χ0v) is 14.7. The van der Waals surface area contributed by atoms with E-state index in [0.717, 1.165) is 24.2 Å². The number of imide groups is 1. The number of urea groups is 1. The SMILES string of the molecule is O=C(CN1C(=O)NC2(CCCCC2)C1=O)NCC(=O)Nc1ccc(F)cc1. The van der Waals surface area contributed by atoms with Crippen LogP contribution in [0.15, 0.2) is 24.3 Å². The Balaban J connectivity index is 1.49. The van der Waals surface area contributed by atoms with Crippen LogP contribution in [0.5, 0.6) is 0 Å². The molecule has 0 aromatic heterocycles. The molecule has 0 atom stereocenters. The lowest BCUT2D eigenvalue weighted by atomic mass is 9.82. The third-order valence-corrected chi connectivity index (χ3v) is 4.83. The van der Waals surface area contributed by atoms with Gasteiger partial charge in [-0.25, -0.2) is 9.18 Å². The van der Waals surface area contributed by atoms with Crippen LogP contribution in [0.2, 0.25) is 0 Å². The van der Waals surface area contributed by atoms with Gasteiger partial charge < -0.3 is 16.0 Å². The number of amides is 5. The fourth-order valence-corrected chi connectivity index (χ4v) is 3.43. The van der Waals surface area contributed by atoms with Crippen LogP contribution in [-0.2, 0) is 14.4 Å². The van der Waals surface area contributed by atoms with Crippen LogP contribution in [0.4, 0.5) is 14.9 Å². The monoisotopic (exact) mass is 376 g/mol. The standard InChI is InChI=1S/C18H21FN4O4/c19-12-4-6-13(7-5-12)21-14(24)10-20-15(25)11-23-16(26)18(22-17(23)27)8-2-1-3-9-18/h4-7H,1-3,8-11H2,(H,20,25)(H,21,24)(H,22,27). The Kier molecular flexibility index (Phi) is 5.38. The summed E-state index contributed by atoms with van der Waals surface area (Å²) in [5.41, 5.74) is -0.487. The van der Waals surface area contributed by atoms with E-state index in [2.05, 4.69) is 16.0 Å². The molecule has 2 fully saturated rings. The summed E-state index contributed by atoms with van der Waals surface area (Å²) in [6, 6.07) is 4.62. The number of nitrogens with one attached hydrogen (secondary N) is 3. The first-order valence-electron chi connectivity index (χ1n) is 8.86. The number of halogens is 1. The summed E-state index contributed by atoms with van der Waals surface area (Å²) < 4.78 is 12.8. The van der Waals surface area contributed by atoms with Crippen LogP contribution in [-0.4, -0.2) is 47.3 Å². The first-order valence-corrected chi connectivity index (χ1v) is 8.86. The largest absolute Gasteiger partial charge is 0.345 e. The van der Waals surface area contributed by atoms with Gasteiger partial charge in [0.05, 0.1) is 6.54 Å². The molecule has 1 spiro atoms. The van der Waals surface area contributed by atoms with E-state index >= 15 is 0 Å². The van der Waals surface area contributed by atoms with Gasteiger partial charge in [-0.2, -0.15) is 0 Å². The molecule has 1 saturated heterocycles. The molecule has 1 aromatic rings. The van der Waals surface area contributed by atoms with Crippen molar-refractivity contribution in [2.75, 3.05) is 18.4 Å². The van der Waals surface area contributed by atoms with E-state index in [9.17, 15) is 23.6 Å². The number of carbonyl (C=O) groups excluding carboxylic acids is 4. The summed E-state index contributed by atoms with van der Waals surface area (Å²) in [6.07, 6.45) is 3.89. The van der Waals surface area contributed by atoms with Gasteiger partial charge in [-0.15, -0.1) is 0 Å². The normalized spacial score (nSPS) is 18.3. The smallest absolute Gasteiger partial charge is 0.325 e. The summed E-state index contributed by atoms with van der Waals surface area (Å²) in [5, 5.41) is 7.60. The third kappa shape index (κ3) is 4.24. The summed E-state index contributed by atoms with van der Waals surface area (Å²) >= 11 is 0. The molecular weight excluding hydrogens is 355 g/mol. The lowest BCUT2D eigenvalue weighted by Gasteiger charge is -2.30. The molecule has 1 aromatic carbocycles. The van der Waals surface area contributed by atoms with Gasteiger partial charge >= 0.3 is 6.03 Å². The van der Waals surface area contributed by atoms with Gasteiger partial charge in [0.1, 0.15) is 17.9 Å². The summed E-state index contributed by atoms with van der Waals surface area (Å²) in [7, 11) is 0. The summed E-state index contributed by atoms with van der Waals surface area (Å²) in [4.78, 5) is 49.5. The Morgan fingerprint density at radius 2 is 1.74 bits per heavy atom. The van der Waals surface area contributed by atoms with Crippen LogP contribution in [0.25, 0.3) is 0 Å². The maximum absolute atomic E-state index is 12.8. The number of nitrogens with zero attached hydrogens (tertiary/aromatic N) is 1. The molecule has 8 nitrogen and oxygen atoms in total. The average Bonchev–Trinajstić information content (AvgIpc) is 2.86. The maximum atomic E-state index is 12.8. The molecule has 0 unspecified atom stereocenters. The molecule has 1 aliphatic carbocycles. The summed E-state index contributed by atoms with van der Waals surface area (Å²) in [5.74, 6) is -1.92. The number of hydrogen-bond acceptors (Lipinski definition) is 4. The van der Waals surface area contributed by atoms with Crippen molar-refractivity contribution in [2.24, 2.45) is 0 Å². The van der Waals surface area contributed by atoms with Crippen molar-refractivity contribution in [1.82, 2.24) is 15.5 Å². The second-order valence-corrected chi connectivity index (χ2v) is 6.80. The number of rotatable bonds is 5. The topological polar surface area (TPSA) is 108 Å². The second-order valence-electron chi connectivity index (χ2n) is 6.80. The summed E-state index contributed by atoms with van der Waals surface area (Å²) in [6.45, 7) is -0.763. The van der Waals surface area contributed by atoms with Crippen molar-refractivity contribution in [3.05, 3.63) is 30.1 Å². The average molecular weight is 376 g/mol.